The predicted molar refractivity (Wildman–Crippen MR) is 89.3 cm³/mol. The number of phenols is 2. The van der Waals surface area contributed by atoms with Gasteiger partial charge in [-0.2, -0.15) is 0 Å². The Hall–Kier alpha value is -3.48. The van der Waals surface area contributed by atoms with Crippen molar-refractivity contribution in [1.82, 2.24) is 0 Å². The van der Waals surface area contributed by atoms with Crippen molar-refractivity contribution in [3.8, 4) is 11.5 Å². The summed E-state index contributed by atoms with van der Waals surface area (Å²) in [6, 6.07) is 12.5. The maximum absolute atomic E-state index is 10.8. The van der Waals surface area contributed by atoms with Crippen LogP contribution in [0.3, 0.4) is 0 Å². The van der Waals surface area contributed by atoms with Crippen LogP contribution in [0.25, 0.3) is 10.8 Å². The Labute approximate surface area is 136 Å². The Balaban J connectivity index is 2.07. The van der Waals surface area contributed by atoms with E-state index in [0.717, 1.165) is 17.0 Å². The van der Waals surface area contributed by atoms with Crippen LogP contribution in [0.15, 0.2) is 58.8 Å². The third kappa shape index (κ3) is 2.74. The number of benzene rings is 3. The number of rotatable bonds is 3. The largest absolute Gasteiger partial charge is 0.506 e. The zero-order valence-electron chi connectivity index (χ0n) is 12.7. The summed E-state index contributed by atoms with van der Waals surface area (Å²) >= 11 is 0. The summed E-state index contributed by atoms with van der Waals surface area (Å²) in [7, 11) is 0. The van der Waals surface area contributed by atoms with Crippen LogP contribution in [-0.4, -0.2) is 15.1 Å². The summed E-state index contributed by atoms with van der Waals surface area (Å²) in [5, 5.41) is 40.2. The molecule has 0 fully saturated rings. The van der Waals surface area contributed by atoms with E-state index in [0.29, 0.717) is 5.39 Å². The average molecular weight is 323 g/mol. The fourth-order valence-corrected chi connectivity index (χ4v) is 2.41. The van der Waals surface area contributed by atoms with E-state index in [4.69, 9.17) is 0 Å². The molecule has 3 rings (SSSR count). The molecular formula is C17H13N3O4. The molecule has 0 aliphatic rings. The summed E-state index contributed by atoms with van der Waals surface area (Å²) < 4.78 is 0. The topological polar surface area (TPSA) is 108 Å². The van der Waals surface area contributed by atoms with Gasteiger partial charge in [0.05, 0.1) is 4.92 Å². The van der Waals surface area contributed by atoms with Crippen molar-refractivity contribution >= 4 is 27.8 Å². The second kappa shape index (κ2) is 5.96. The summed E-state index contributed by atoms with van der Waals surface area (Å²) in [4.78, 5) is 10.2. The molecule has 0 unspecified atom stereocenters. The lowest BCUT2D eigenvalue weighted by Gasteiger charge is -2.07. The lowest BCUT2D eigenvalue weighted by atomic mass is 10.0. The Morgan fingerprint density at radius 1 is 0.958 bits per heavy atom. The molecule has 0 aromatic heterocycles. The first-order chi connectivity index (χ1) is 11.5. The van der Waals surface area contributed by atoms with Gasteiger partial charge in [0.15, 0.2) is 5.75 Å². The number of nitrogens with zero attached hydrogens (tertiary/aromatic N) is 3. The summed E-state index contributed by atoms with van der Waals surface area (Å²) in [5.41, 5.74) is 0.868. The van der Waals surface area contributed by atoms with Gasteiger partial charge >= 0.3 is 0 Å². The molecule has 120 valence electrons. The molecule has 0 aliphatic carbocycles. The van der Waals surface area contributed by atoms with Crippen molar-refractivity contribution < 1.29 is 15.1 Å². The van der Waals surface area contributed by atoms with Gasteiger partial charge in [-0.05, 0) is 30.0 Å². The molecule has 0 saturated carbocycles. The minimum Gasteiger partial charge on any atom is -0.506 e. The molecule has 0 spiro atoms. The van der Waals surface area contributed by atoms with E-state index in [1.165, 1.54) is 12.1 Å². The van der Waals surface area contributed by atoms with E-state index in [2.05, 4.69) is 10.2 Å². The van der Waals surface area contributed by atoms with Crippen molar-refractivity contribution in [3.63, 3.8) is 0 Å². The molecule has 3 aromatic rings. The molecule has 0 bridgehead atoms. The molecule has 0 heterocycles. The fourth-order valence-electron chi connectivity index (χ4n) is 2.41. The zero-order valence-corrected chi connectivity index (χ0v) is 12.7. The number of aryl methyl sites for hydroxylation is 1. The third-order valence-electron chi connectivity index (χ3n) is 3.64. The molecular weight excluding hydrogens is 310 g/mol. The summed E-state index contributed by atoms with van der Waals surface area (Å²) in [5.74, 6) is -0.272. The molecule has 0 atom stereocenters. The highest BCUT2D eigenvalue weighted by atomic mass is 16.6. The molecule has 0 amide bonds. The molecule has 0 aliphatic heterocycles. The SMILES string of the molecule is Cc1cc(N=Nc2cc([N+](=O)[O-])ccc2O)c(O)c2ccccc12. The number of hydrogen-bond donors (Lipinski definition) is 2. The van der Waals surface area contributed by atoms with Crippen LogP contribution >= 0.6 is 0 Å². The summed E-state index contributed by atoms with van der Waals surface area (Å²) in [6.07, 6.45) is 0. The second-order valence-electron chi connectivity index (χ2n) is 5.24. The average Bonchev–Trinajstić information content (AvgIpc) is 2.58. The van der Waals surface area contributed by atoms with Crippen LogP contribution in [0.2, 0.25) is 0 Å². The second-order valence-corrected chi connectivity index (χ2v) is 5.24. The highest BCUT2D eigenvalue weighted by molar-refractivity contribution is 5.94. The fraction of sp³-hybridized carbons (Fsp3) is 0.0588. The number of azo groups is 1. The van der Waals surface area contributed by atoms with Crippen LogP contribution in [0.1, 0.15) is 5.56 Å². The number of aromatic hydroxyl groups is 2. The monoisotopic (exact) mass is 323 g/mol. The van der Waals surface area contributed by atoms with E-state index in [1.54, 1.807) is 18.2 Å². The Bertz CT molecular complexity index is 983. The normalized spacial score (nSPS) is 11.2. The smallest absolute Gasteiger partial charge is 0.271 e. The lowest BCUT2D eigenvalue weighted by molar-refractivity contribution is -0.384. The van der Waals surface area contributed by atoms with Crippen LogP contribution < -0.4 is 0 Å². The van der Waals surface area contributed by atoms with Gasteiger partial charge in [-0.3, -0.25) is 10.1 Å². The van der Waals surface area contributed by atoms with Crippen LogP contribution in [-0.2, 0) is 0 Å². The Morgan fingerprint density at radius 3 is 2.33 bits per heavy atom. The minimum absolute atomic E-state index is 0.0372. The third-order valence-corrected chi connectivity index (χ3v) is 3.64. The first-order valence-corrected chi connectivity index (χ1v) is 7.08. The van der Waals surface area contributed by atoms with E-state index in [-0.39, 0.29) is 28.6 Å². The van der Waals surface area contributed by atoms with Crippen molar-refractivity contribution in [2.45, 2.75) is 6.92 Å². The van der Waals surface area contributed by atoms with E-state index in [9.17, 15) is 20.3 Å². The predicted octanol–water partition coefficient (Wildman–Crippen LogP) is 4.88. The van der Waals surface area contributed by atoms with Crippen molar-refractivity contribution in [3.05, 3.63) is 64.2 Å². The number of nitro benzene ring substituents is 1. The van der Waals surface area contributed by atoms with E-state index < -0.39 is 4.92 Å². The van der Waals surface area contributed by atoms with Crippen molar-refractivity contribution in [2.24, 2.45) is 10.2 Å². The molecule has 2 N–H and O–H groups in total. The highest BCUT2D eigenvalue weighted by Gasteiger charge is 2.11. The molecule has 7 heteroatoms. The van der Waals surface area contributed by atoms with Gasteiger partial charge < -0.3 is 10.2 Å². The summed E-state index contributed by atoms with van der Waals surface area (Å²) in [6.45, 7) is 1.88. The number of nitro groups is 1. The Kier molecular flexibility index (Phi) is 3.83. The maximum Gasteiger partial charge on any atom is 0.271 e. The first kappa shape index (κ1) is 15.4. The van der Waals surface area contributed by atoms with Gasteiger partial charge in [-0.25, -0.2) is 0 Å². The quantitative estimate of drug-likeness (QED) is 0.406. The number of phenolic OH excluding ortho intramolecular Hbond substituents is 2. The van der Waals surface area contributed by atoms with Crippen molar-refractivity contribution in [1.29, 1.82) is 0 Å². The number of hydrogen-bond acceptors (Lipinski definition) is 6. The van der Waals surface area contributed by atoms with Gasteiger partial charge in [-0.1, -0.05) is 24.3 Å². The number of non-ortho nitro benzene ring substituents is 1. The van der Waals surface area contributed by atoms with Crippen LogP contribution in [0.4, 0.5) is 17.1 Å². The Morgan fingerprint density at radius 2 is 1.62 bits per heavy atom. The highest BCUT2D eigenvalue weighted by Crippen LogP contribution is 2.39. The van der Waals surface area contributed by atoms with Gasteiger partial charge in [0.25, 0.3) is 5.69 Å². The van der Waals surface area contributed by atoms with Crippen LogP contribution in [0.5, 0.6) is 11.5 Å². The minimum atomic E-state index is -0.587. The van der Waals surface area contributed by atoms with Gasteiger partial charge in [0.2, 0.25) is 0 Å². The van der Waals surface area contributed by atoms with Gasteiger partial charge in [-0.15, -0.1) is 10.2 Å². The zero-order chi connectivity index (χ0) is 17.3. The van der Waals surface area contributed by atoms with E-state index in [1.807, 2.05) is 19.1 Å². The molecule has 0 radical (unpaired) electrons. The first-order valence-electron chi connectivity index (χ1n) is 7.08. The molecule has 24 heavy (non-hydrogen) atoms. The number of fused-ring (bicyclic) bond motifs is 1. The van der Waals surface area contributed by atoms with Gasteiger partial charge in [0, 0.05) is 17.5 Å². The van der Waals surface area contributed by atoms with Crippen LogP contribution in [0, 0.1) is 17.0 Å². The lowest BCUT2D eigenvalue weighted by Crippen LogP contribution is -1.86. The van der Waals surface area contributed by atoms with Crippen molar-refractivity contribution in [2.75, 3.05) is 0 Å². The molecule has 7 nitrogen and oxygen atoms in total. The van der Waals surface area contributed by atoms with E-state index >= 15 is 0 Å². The molecule has 3 aromatic carbocycles. The standard InChI is InChI=1S/C17H13N3O4/c1-10-8-15(17(22)13-5-3-2-4-12(10)13)19-18-14-9-11(20(23)24)6-7-16(14)21/h2-9,21-22H,1H3. The maximum atomic E-state index is 10.8. The van der Waals surface area contributed by atoms with Gasteiger partial charge in [0.1, 0.15) is 17.1 Å². The molecule has 0 saturated heterocycles.